The Balaban J connectivity index is 2.60. The van der Waals surface area contributed by atoms with Gasteiger partial charge in [0, 0.05) is 25.8 Å². The van der Waals surface area contributed by atoms with Crippen LogP contribution in [0.2, 0.25) is 0 Å². The first-order chi connectivity index (χ1) is 6.74. The van der Waals surface area contributed by atoms with E-state index in [1.54, 1.807) is 0 Å². The van der Waals surface area contributed by atoms with Crippen molar-refractivity contribution in [1.29, 1.82) is 0 Å². The van der Waals surface area contributed by atoms with E-state index in [0.717, 1.165) is 6.54 Å². The molecule has 0 amide bonds. The van der Waals surface area contributed by atoms with Crippen molar-refractivity contribution in [2.75, 3.05) is 25.0 Å². The van der Waals surface area contributed by atoms with Gasteiger partial charge in [0.05, 0.1) is 0 Å². The summed E-state index contributed by atoms with van der Waals surface area (Å²) in [5.74, 6) is 0. The van der Waals surface area contributed by atoms with E-state index in [-0.39, 0.29) is 0 Å². The zero-order valence-electron chi connectivity index (χ0n) is 8.90. The Bertz CT molecular complexity index is 305. The van der Waals surface area contributed by atoms with Gasteiger partial charge in [-0.25, -0.2) is 0 Å². The van der Waals surface area contributed by atoms with Crippen molar-refractivity contribution in [1.82, 2.24) is 0 Å². The second-order valence-corrected chi connectivity index (χ2v) is 3.43. The molecule has 0 saturated carbocycles. The van der Waals surface area contributed by atoms with Gasteiger partial charge in [-0.3, -0.25) is 0 Å². The maximum atomic E-state index is 5.37. The highest BCUT2D eigenvalue weighted by atomic mass is 15.1. The lowest BCUT2D eigenvalue weighted by Crippen LogP contribution is -2.16. The first-order valence-corrected chi connectivity index (χ1v) is 4.87. The minimum Gasteiger partial charge on any atom is -0.371 e. The first kappa shape index (κ1) is 10.8. The molecule has 0 radical (unpaired) electrons. The van der Waals surface area contributed by atoms with Crippen LogP contribution in [0.5, 0.6) is 0 Å². The normalized spacial score (nSPS) is 10.8. The standard InChI is InChI=1S/C12H18N2/c1-11-6-5-7-12(10-11)14(2)9-4-3-8-13/h3-7,10H,8-9,13H2,1-2H3. The van der Waals surface area contributed by atoms with E-state index < -0.39 is 0 Å². The fourth-order valence-electron chi connectivity index (χ4n) is 1.30. The predicted molar refractivity (Wildman–Crippen MR) is 62.6 cm³/mol. The Labute approximate surface area is 86.0 Å². The molecule has 0 heterocycles. The Kier molecular flexibility index (Phi) is 4.20. The van der Waals surface area contributed by atoms with E-state index >= 15 is 0 Å². The van der Waals surface area contributed by atoms with Crippen molar-refractivity contribution in [3.63, 3.8) is 0 Å². The molecule has 2 heteroatoms. The van der Waals surface area contributed by atoms with Gasteiger partial charge < -0.3 is 10.6 Å². The highest BCUT2D eigenvalue weighted by Gasteiger charge is 1.97. The zero-order valence-corrected chi connectivity index (χ0v) is 8.90. The topological polar surface area (TPSA) is 29.3 Å². The molecule has 0 aliphatic heterocycles. The lowest BCUT2D eigenvalue weighted by molar-refractivity contribution is 1.02. The van der Waals surface area contributed by atoms with Crippen LogP contribution in [0, 0.1) is 6.92 Å². The first-order valence-electron chi connectivity index (χ1n) is 4.87. The fraction of sp³-hybridized carbons (Fsp3) is 0.333. The summed E-state index contributed by atoms with van der Waals surface area (Å²) < 4.78 is 0. The minimum atomic E-state index is 0.613. The van der Waals surface area contributed by atoms with Crippen molar-refractivity contribution in [3.8, 4) is 0 Å². The molecule has 0 aromatic heterocycles. The van der Waals surface area contributed by atoms with Crippen LogP contribution < -0.4 is 10.6 Å². The average molecular weight is 190 g/mol. The molecule has 0 fully saturated rings. The minimum absolute atomic E-state index is 0.613. The molecule has 0 saturated heterocycles. The molecular weight excluding hydrogens is 172 g/mol. The van der Waals surface area contributed by atoms with E-state index in [1.165, 1.54) is 11.3 Å². The van der Waals surface area contributed by atoms with Gasteiger partial charge in [0.1, 0.15) is 0 Å². The monoisotopic (exact) mass is 190 g/mol. The number of aryl methyl sites for hydroxylation is 1. The van der Waals surface area contributed by atoms with Gasteiger partial charge in [0.25, 0.3) is 0 Å². The number of likely N-dealkylation sites (N-methyl/N-ethyl adjacent to an activating group) is 1. The van der Waals surface area contributed by atoms with Gasteiger partial charge in [-0.15, -0.1) is 0 Å². The van der Waals surface area contributed by atoms with E-state index in [9.17, 15) is 0 Å². The second-order valence-electron chi connectivity index (χ2n) is 3.43. The fourth-order valence-corrected chi connectivity index (χ4v) is 1.30. The van der Waals surface area contributed by atoms with Gasteiger partial charge in [-0.1, -0.05) is 24.3 Å². The number of anilines is 1. The lowest BCUT2D eigenvalue weighted by Gasteiger charge is -2.17. The van der Waals surface area contributed by atoms with Gasteiger partial charge in [0.15, 0.2) is 0 Å². The largest absolute Gasteiger partial charge is 0.371 e. The quantitative estimate of drug-likeness (QED) is 0.735. The van der Waals surface area contributed by atoms with Crippen LogP contribution in [0.3, 0.4) is 0 Å². The molecule has 1 aromatic rings. The number of nitrogens with zero attached hydrogens (tertiary/aromatic N) is 1. The summed E-state index contributed by atoms with van der Waals surface area (Å²) >= 11 is 0. The third-order valence-electron chi connectivity index (χ3n) is 2.12. The SMILES string of the molecule is Cc1cccc(N(C)CC=CCN)c1. The second kappa shape index (κ2) is 5.45. The van der Waals surface area contributed by atoms with Crippen molar-refractivity contribution in [2.45, 2.75) is 6.92 Å². The van der Waals surface area contributed by atoms with E-state index in [2.05, 4.69) is 49.2 Å². The van der Waals surface area contributed by atoms with E-state index in [4.69, 9.17) is 5.73 Å². The molecule has 0 unspecified atom stereocenters. The Morgan fingerprint density at radius 3 is 2.79 bits per heavy atom. The van der Waals surface area contributed by atoms with E-state index in [0.29, 0.717) is 6.54 Å². The molecular formula is C12H18N2. The molecule has 0 aliphatic rings. The van der Waals surface area contributed by atoms with Gasteiger partial charge in [0.2, 0.25) is 0 Å². The zero-order chi connectivity index (χ0) is 10.4. The molecule has 0 aliphatic carbocycles. The third kappa shape index (κ3) is 3.23. The van der Waals surface area contributed by atoms with Crippen LogP contribution in [0.15, 0.2) is 36.4 Å². The molecule has 0 bridgehead atoms. The summed E-state index contributed by atoms with van der Waals surface area (Å²) in [6, 6.07) is 8.47. The predicted octanol–water partition coefficient (Wildman–Crippen LogP) is 1.95. The molecule has 0 atom stereocenters. The van der Waals surface area contributed by atoms with Gasteiger partial charge >= 0.3 is 0 Å². The third-order valence-corrected chi connectivity index (χ3v) is 2.12. The van der Waals surface area contributed by atoms with Crippen molar-refractivity contribution in [3.05, 3.63) is 42.0 Å². The maximum Gasteiger partial charge on any atom is 0.0369 e. The summed E-state index contributed by atoms with van der Waals surface area (Å²) in [4.78, 5) is 2.19. The molecule has 14 heavy (non-hydrogen) atoms. The van der Waals surface area contributed by atoms with Gasteiger partial charge in [-0.05, 0) is 24.6 Å². The number of benzene rings is 1. The van der Waals surface area contributed by atoms with Gasteiger partial charge in [-0.2, -0.15) is 0 Å². The van der Waals surface area contributed by atoms with Crippen LogP contribution in [-0.4, -0.2) is 20.1 Å². The van der Waals surface area contributed by atoms with Crippen LogP contribution in [0.1, 0.15) is 5.56 Å². The number of hydrogen-bond donors (Lipinski definition) is 1. The summed E-state index contributed by atoms with van der Waals surface area (Å²) in [5.41, 5.74) is 7.90. The Morgan fingerprint density at radius 1 is 1.36 bits per heavy atom. The number of nitrogens with two attached hydrogens (primary N) is 1. The van der Waals surface area contributed by atoms with Crippen molar-refractivity contribution in [2.24, 2.45) is 5.73 Å². The lowest BCUT2D eigenvalue weighted by atomic mass is 10.2. The highest BCUT2D eigenvalue weighted by Crippen LogP contribution is 2.13. The number of hydrogen-bond acceptors (Lipinski definition) is 2. The molecule has 2 nitrogen and oxygen atoms in total. The van der Waals surface area contributed by atoms with Crippen LogP contribution in [0.25, 0.3) is 0 Å². The smallest absolute Gasteiger partial charge is 0.0369 e. The summed E-state index contributed by atoms with van der Waals surface area (Å²) in [7, 11) is 2.08. The molecule has 0 spiro atoms. The molecule has 1 aromatic carbocycles. The summed E-state index contributed by atoms with van der Waals surface area (Å²) in [6.07, 6.45) is 4.06. The molecule has 2 N–H and O–H groups in total. The molecule has 1 rings (SSSR count). The summed E-state index contributed by atoms with van der Waals surface area (Å²) in [6.45, 7) is 3.62. The number of rotatable bonds is 4. The Hall–Kier alpha value is -1.28. The summed E-state index contributed by atoms with van der Waals surface area (Å²) in [5, 5.41) is 0. The highest BCUT2D eigenvalue weighted by molar-refractivity contribution is 5.48. The van der Waals surface area contributed by atoms with Crippen molar-refractivity contribution < 1.29 is 0 Å². The van der Waals surface area contributed by atoms with Crippen molar-refractivity contribution >= 4 is 5.69 Å². The van der Waals surface area contributed by atoms with Crippen LogP contribution >= 0.6 is 0 Å². The average Bonchev–Trinajstić information content (AvgIpc) is 2.18. The Morgan fingerprint density at radius 2 is 2.14 bits per heavy atom. The maximum absolute atomic E-state index is 5.37. The van der Waals surface area contributed by atoms with E-state index in [1.807, 2.05) is 6.08 Å². The van der Waals surface area contributed by atoms with Crippen LogP contribution in [-0.2, 0) is 0 Å². The van der Waals surface area contributed by atoms with Crippen LogP contribution in [0.4, 0.5) is 5.69 Å². The molecule has 76 valence electrons.